The lowest BCUT2D eigenvalue weighted by Gasteiger charge is -2.21. The molecule has 0 heterocycles. The average molecular weight is 169 g/mol. The summed E-state index contributed by atoms with van der Waals surface area (Å²) in [6.45, 7) is 2.25. The van der Waals surface area contributed by atoms with Gasteiger partial charge >= 0.3 is 0 Å². The van der Waals surface area contributed by atoms with E-state index < -0.39 is 0 Å². The van der Waals surface area contributed by atoms with E-state index in [-0.39, 0.29) is 6.10 Å². The second-order valence-corrected chi connectivity index (χ2v) is 4.40. The molecule has 2 nitrogen and oxygen atoms in total. The van der Waals surface area contributed by atoms with Gasteiger partial charge in [0.15, 0.2) is 0 Å². The Hall–Kier alpha value is -0.0800. The first kappa shape index (κ1) is 8.52. The van der Waals surface area contributed by atoms with Crippen LogP contribution in [-0.4, -0.2) is 23.3 Å². The number of rotatable bonds is 3. The van der Waals surface area contributed by atoms with Crippen LogP contribution in [0.3, 0.4) is 0 Å². The lowest BCUT2D eigenvalue weighted by atomic mass is 10.1. The zero-order valence-corrected chi connectivity index (χ0v) is 7.79. The van der Waals surface area contributed by atoms with Gasteiger partial charge in [0.2, 0.25) is 0 Å². The maximum absolute atomic E-state index is 9.58. The van der Waals surface area contributed by atoms with Crippen molar-refractivity contribution in [3.63, 3.8) is 0 Å². The van der Waals surface area contributed by atoms with Crippen LogP contribution in [0.1, 0.15) is 39.0 Å². The van der Waals surface area contributed by atoms with Gasteiger partial charge in [0, 0.05) is 12.1 Å². The van der Waals surface area contributed by atoms with Crippen molar-refractivity contribution in [3.8, 4) is 0 Å². The van der Waals surface area contributed by atoms with E-state index in [0.29, 0.717) is 12.1 Å². The fourth-order valence-corrected chi connectivity index (χ4v) is 2.20. The van der Waals surface area contributed by atoms with Gasteiger partial charge in [0.05, 0.1) is 6.10 Å². The van der Waals surface area contributed by atoms with E-state index in [2.05, 4.69) is 12.2 Å². The summed E-state index contributed by atoms with van der Waals surface area (Å²) in [7, 11) is 0. The van der Waals surface area contributed by atoms with Crippen LogP contribution in [0, 0.1) is 5.92 Å². The van der Waals surface area contributed by atoms with E-state index in [1.807, 2.05) is 0 Å². The van der Waals surface area contributed by atoms with Crippen LogP contribution in [0.25, 0.3) is 0 Å². The maximum atomic E-state index is 9.58. The Bertz CT molecular complexity index is 156. The summed E-state index contributed by atoms with van der Waals surface area (Å²) in [5, 5.41) is 13.1. The number of nitrogens with one attached hydrogen (secondary N) is 1. The van der Waals surface area contributed by atoms with E-state index in [4.69, 9.17) is 0 Å². The van der Waals surface area contributed by atoms with Gasteiger partial charge in [0.1, 0.15) is 0 Å². The minimum atomic E-state index is -0.0776. The summed E-state index contributed by atoms with van der Waals surface area (Å²) < 4.78 is 0. The molecule has 2 fully saturated rings. The summed E-state index contributed by atoms with van der Waals surface area (Å²) >= 11 is 0. The third kappa shape index (κ3) is 1.80. The number of aliphatic hydroxyl groups excluding tert-OH is 1. The monoisotopic (exact) mass is 169 g/mol. The molecule has 0 saturated heterocycles. The topological polar surface area (TPSA) is 32.3 Å². The van der Waals surface area contributed by atoms with Crippen molar-refractivity contribution in [2.24, 2.45) is 5.92 Å². The molecule has 3 atom stereocenters. The Morgan fingerprint density at radius 2 is 2.00 bits per heavy atom. The Morgan fingerprint density at radius 1 is 1.25 bits per heavy atom. The second kappa shape index (κ2) is 3.35. The van der Waals surface area contributed by atoms with Gasteiger partial charge in [-0.05, 0) is 44.9 Å². The van der Waals surface area contributed by atoms with Crippen molar-refractivity contribution >= 4 is 0 Å². The molecule has 0 bridgehead atoms. The molecule has 0 spiro atoms. The summed E-state index contributed by atoms with van der Waals surface area (Å²) in [5.41, 5.74) is 0. The molecule has 0 aromatic heterocycles. The quantitative estimate of drug-likeness (QED) is 0.667. The number of aliphatic hydroxyl groups is 1. The molecule has 0 aliphatic heterocycles. The van der Waals surface area contributed by atoms with Gasteiger partial charge in [-0.3, -0.25) is 0 Å². The normalized spacial score (nSPS) is 38.5. The van der Waals surface area contributed by atoms with Gasteiger partial charge in [-0.25, -0.2) is 0 Å². The Balaban J connectivity index is 1.76. The standard InChI is InChI=1S/C10H19NO/c1-7(8-5-6-8)11-9-3-2-4-10(9)12/h7-12H,2-6H2,1H3/t7?,9-,10-/m0/s1. The van der Waals surface area contributed by atoms with Gasteiger partial charge in [0.25, 0.3) is 0 Å². The fourth-order valence-electron chi connectivity index (χ4n) is 2.20. The minimum absolute atomic E-state index is 0.0776. The van der Waals surface area contributed by atoms with Crippen molar-refractivity contribution in [3.05, 3.63) is 0 Å². The first-order valence-electron chi connectivity index (χ1n) is 5.21. The average Bonchev–Trinajstić information content (AvgIpc) is 2.80. The smallest absolute Gasteiger partial charge is 0.0693 e. The van der Waals surface area contributed by atoms with Gasteiger partial charge in [-0.1, -0.05) is 0 Å². The van der Waals surface area contributed by atoms with Crippen LogP contribution in [-0.2, 0) is 0 Å². The van der Waals surface area contributed by atoms with Crippen LogP contribution in [0.4, 0.5) is 0 Å². The van der Waals surface area contributed by atoms with E-state index in [9.17, 15) is 5.11 Å². The highest BCUT2D eigenvalue weighted by Gasteiger charge is 2.32. The van der Waals surface area contributed by atoms with Crippen molar-refractivity contribution in [1.82, 2.24) is 5.32 Å². The van der Waals surface area contributed by atoms with Crippen LogP contribution in [0.2, 0.25) is 0 Å². The number of hydrogen-bond acceptors (Lipinski definition) is 2. The molecule has 2 saturated carbocycles. The third-order valence-corrected chi connectivity index (χ3v) is 3.29. The van der Waals surface area contributed by atoms with Crippen molar-refractivity contribution in [1.29, 1.82) is 0 Å². The first-order valence-corrected chi connectivity index (χ1v) is 5.21. The molecule has 0 aromatic carbocycles. The van der Waals surface area contributed by atoms with Gasteiger partial charge in [-0.2, -0.15) is 0 Å². The van der Waals surface area contributed by atoms with E-state index in [1.54, 1.807) is 0 Å². The summed E-state index contributed by atoms with van der Waals surface area (Å²) in [5.74, 6) is 0.901. The Morgan fingerprint density at radius 3 is 2.50 bits per heavy atom. The lowest BCUT2D eigenvalue weighted by molar-refractivity contribution is 0.142. The highest BCUT2D eigenvalue weighted by molar-refractivity contribution is 4.90. The van der Waals surface area contributed by atoms with Crippen molar-refractivity contribution in [2.45, 2.75) is 57.2 Å². The molecule has 2 N–H and O–H groups in total. The minimum Gasteiger partial charge on any atom is -0.392 e. The molecule has 2 aliphatic carbocycles. The highest BCUT2D eigenvalue weighted by Crippen LogP contribution is 2.33. The van der Waals surface area contributed by atoms with Crippen molar-refractivity contribution < 1.29 is 5.11 Å². The molecule has 0 amide bonds. The maximum Gasteiger partial charge on any atom is 0.0693 e. The third-order valence-electron chi connectivity index (χ3n) is 3.29. The zero-order chi connectivity index (χ0) is 8.55. The molecular weight excluding hydrogens is 150 g/mol. The largest absolute Gasteiger partial charge is 0.392 e. The van der Waals surface area contributed by atoms with Crippen LogP contribution < -0.4 is 5.32 Å². The van der Waals surface area contributed by atoms with E-state index >= 15 is 0 Å². The van der Waals surface area contributed by atoms with Crippen molar-refractivity contribution in [2.75, 3.05) is 0 Å². The molecule has 0 aromatic rings. The van der Waals surface area contributed by atoms with Crippen LogP contribution in [0.15, 0.2) is 0 Å². The second-order valence-electron chi connectivity index (χ2n) is 4.40. The fraction of sp³-hybridized carbons (Fsp3) is 1.00. The molecular formula is C10H19NO. The van der Waals surface area contributed by atoms with Crippen LogP contribution in [0.5, 0.6) is 0 Å². The summed E-state index contributed by atoms with van der Waals surface area (Å²) in [6.07, 6.45) is 6.04. The predicted octanol–water partition coefficient (Wildman–Crippen LogP) is 1.29. The lowest BCUT2D eigenvalue weighted by Crippen LogP contribution is -2.42. The predicted molar refractivity (Wildman–Crippen MR) is 49.0 cm³/mol. The summed E-state index contributed by atoms with van der Waals surface area (Å²) in [6, 6.07) is 1.02. The first-order chi connectivity index (χ1) is 5.77. The van der Waals surface area contributed by atoms with E-state index in [1.165, 1.54) is 19.3 Å². The Labute approximate surface area is 74.4 Å². The SMILES string of the molecule is CC(N[C@H]1CCC[C@@H]1O)C1CC1. The molecule has 0 radical (unpaired) electrons. The highest BCUT2D eigenvalue weighted by atomic mass is 16.3. The Kier molecular flexibility index (Phi) is 2.37. The molecule has 70 valence electrons. The molecule has 1 unspecified atom stereocenters. The summed E-state index contributed by atoms with van der Waals surface area (Å²) in [4.78, 5) is 0. The number of hydrogen-bond donors (Lipinski definition) is 2. The molecule has 2 aliphatic rings. The van der Waals surface area contributed by atoms with Crippen LogP contribution >= 0.6 is 0 Å². The van der Waals surface area contributed by atoms with Gasteiger partial charge in [-0.15, -0.1) is 0 Å². The molecule has 2 rings (SSSR count). The van der Waals surface area contributed by atoms with E-state index in [0.717, 1.165) is 18.8 Å². The molecule has 12 heavy (non-hydrogen) atoms. The molecule has 2 heteroatoms. The zero-order valence-electron chi connectivity index (χ0n) is 7.79. The van der Waals surface area contributed by atoms with Gasteiger partial charge < -0.3 is 10.4 Å².